The maximum absolute atomic E-state index is 3.94. The standard InChI is InChI=1S/C31H41N/c1-22-9-18-30-23(2)19-28(13-6-7-14-28)31(20-24(22)30)25-10-17-27(12-5-4-11-26(30,31)3)15-8-16-29(27)21-32(25)29/h10,17,23,25H,6-9,11-16,18-21H2,1-3H3/t23-,25-,26+,27+,29+,30-,31-,32?/m1/s1. The van der Waals surface area contributed by atoms with Gasteiger partial charge in [0.15, 0.2) is 0 Å². The molecule has 8 rings (SSSR count). The van der Waals surface area contributed by atoms with Crippen LogP contribution in [0.2, 0.25) is 0 Å². The molecule has 4 bridgehead atoms. The van der Waals surface area contributed by atoms with Crippen LogP contribution in [0.4, 0.5) is 0 Å². The number of rotatable bonds is 0. The second-order valence-electron chi connectivity index (χ2n) is 14.0. The molecule has 32 heavy (non-hydrogen) atoms. The first-order valence-corrected chi connectivity index (χ1v) is 14.0. The van der Waals surface area contributed by atoms with E-state index in [1.54, 1.807) is 5.57 Å². The molecule has 1 unspecified atom stereocenters. The van der Waals surface area contributed by atoms with Gasteiger partial charge in [-0.1, -0.05) is 56.4 Å². The van der Waals surface area contributed by atoms with E-state index in [1.807, 2.05) is 5.57 Å². The van der Waals surface area contributed by atoms with Crippen molar-refractivity contribution in [1.82, 2.24) is 4.90 Å². The molecule has 5 fully saturated rings. The summed E-state index contributed by atoms with van der Waals surface area (Å²) in [5.41, 5.74) is 6.20. The molecule has 0 radical (unpaired) electrons. The molecule has 1 nitrogen and oxygen atoms in total. The maximum atomic E-state index is 3.94. The number of nitrogens with zero attached hydrogens (tertiary/aromatic N) is 1. The molecule has 2 heterocycles. The van der Waals surface area contributed by atoms with Gasteiger partial charge < -0.3 is 0 Å². The van der Waals surface area contributed by atoms with Gasteiger partial charge in [-0.3, -0.25) is 4.90 Å². The van der Waals surface area contributed by atoms with E-state index in [4.69, 9.17) is 0 Å². The first kappa shape index (κ1) is 19.3. The van der Waals surface area contributed by atoms with Crippen molar-refractivity contribution in [1.29, 1.82) is 0 Å². The molecule has 6 aliphatic carbocycles. The fraction of sp³-hybridized carbons (Fsp3) is 0.806. The Hall–Kier alpha value is -1.00. The van der Waals surface area contributed by atoms with E-state index in [2.05, 4.69) is 49.7 Å². The number of allylic oxidation sites excluding steroid dienone is 2. The molecule has 0 aromatic heterocycles. The quantitative estimate of drug-likeness (QED) is 0.228. The average molecular weight is 428 g/mol. The van der Waals surface area contributed by atoms with Gasteiger partial charge in [-0.05, 0) is 75.0 Å². The number of hydrogen-bond acceptors (Lipinski definition) is 1. The van der Waals surface area contributed by atoms with Crippen molar-refractivity contribution in [3.05, 3.63) is 23.3 Å². The number of hydrogen-bond donors (Lipinski definition) is 0. The van der Waals surface area contributed by atoms with Crippen LogP contribution in [0.3, 0.4) is 0 Å². The molecule has 0 aromatic carbocycles. The Morgan fingerprint density at radius 1 is 1.00 bits per heavy atom. The Morgan fingerprint density at radius 2 is 1.81 bits per heavy atom. The van der Waals surface area contributed by atoms with Gasteiger partial charge in [0.05, 0.1) is 0 Å². The zero-order chi connectivity index (χ0) is 21.6. The number of fused-ring (bicyclic) bond motifs is 2. The fourth-order valence-corrected chi connectivity index (χ4v) is 12.7. The molecule has 2 aliphatic heterocycles. The van der Waals surface area contributed by atoms with Gasteiger partial charge in [0.1, 0.15) is 0 Å². The van der Waals surface area contributed by atoms with Gasteiger partial charge >= 0.3 is 0 Å². The second kappa shape index (κ2) is 5.46. The van der Waals surface area contributed by atoms with Gasteiger partial charge in [-0.25, -0.2) is 0 Å². The van der Waals surface area contributed by atoms with Crippen molar-refractivity contribution in [3.63, 3.8) is 0 Å². The predicted octanol–water partition coefficient (Wildman–Crippen LogP) is 7.04. The molecule has 0 aromatic rings. The molecule has 8 aliphatic rings. The highest BCUT2D eigenvalue weighted by Crippen LogP contribution is 2.87. The monoisotopic (exact) mass is 427 g/mol. The smallest absolute Gasteiger partial charge is 0.0443 e. The van der Waals surface area contributed by atoms with Crippen molar-refractivity contribution < 1.29 is 0 Å². The summed E-state index contributed by atoms with van der Waals surface area (Å²) in [5, 5.41) is 0. The first-order valence-electron chi connectivity index (χ1n) is 14.0. The third-order valence-electron chi connectivity index (χ3n) is 13.8. The summed E-state index contributed by atoms with van der Waals surface area (Å²) >= 11 is 0. The van der Waals surface area contributed by atoms with E-state index in [9.17, 15) is 0 Å². The van der Waals surface area contributed by atoms with Crippen LogP contribution in [0, 0.1) is 44.8 Å². The van der Waals surface area contributed by atoms with Crippen LogP contribution in [0.15, 0.2) is 23.3 Å². The summed E-state index contributed by atoms with van der Waals surface area (Å²) in [7, 11) is 0. The molecule has 170 valence electrons. The SMILES string of the molecule is CC1=C2C[C@@]34[C@H]5C=C[C@]6(CC#CC[C@@]3(C)[C@]2(CC1)[C@H](C)CC41CCCC1)CCC[C@]61CN51. The van der Waals surface area contributed by atoms with Crippen LogP contribution in [-0.4, -0.2) is 23.0 Å². The maximum Gasteiger partial charge on any atom is 0.0443 e. The molecule has 4 spiro atoms. The van der Waals surface area contributed by atoms with Crippen LogP contribution in [-0.2, 0) is 0 Å². The second-order valence-corrected chi connectivity index (χ2v) is 14.0. The summed E-state index contributed by atoms with van der Waals surface area (Å²) in [5.74, 6) is 8.62. The van der Waals surface area contributed by atoms with Crippen LogP contribution < -0.4 is 0 Å². The highest BCUT2D eigenvalue weighted by atomic mass is 15.4. The van der Waals surface area contributed by atoms with Crippen LogP contribution in [0.5, 0.6) is 0 Å². The Labute approximate surface area is 195 Å². The largest absolute Gasteiger partial charge is 0.287 e. The molecule has 0 amide bonds. The van der Waals surface area contributed by atoms with Crippen LogP contribution >= 0.6 is 0 Å². The molecule has 4 saturated carbocycles. The zero-order valence-electron chi connectivity index (χ0n) is 20.7. The lowest BCUT2D eigenvalue weighted by Crippen LogP contribution is -2.66. The van der Waals surface area contributed by atoms with Crippen molar-refractivity contribution >= 4 is 0 Å². The Kier molecular flexibility index (Phi) is 3.29. The Morgan fingerprint density at radius 3 is 2.66 bits per heavy atom. The van der Waals surface area contributed by atoms with E-state index in [-0.39, 0.29) is 0 Å². The van der Waals surface area contributed by atoms with E-state index < -0.39 is 0 Å². The van der Waals surface area contributed by atoms with Crippen molar-refractivity contribution in [2.45, 2.75) is 116 Å². The topological polar surface area (TPSA) is 3.01 Å². The Bertz CT molecular complexity index is 1050. The highest BCUT2D eigenvalue weighted by molar-refractivity contribution is 5.49. The molecule has 1 heteroatoms. The normalized spacial score (nSPS) is 57.7. The van der Waals surface area contributed by atoms with Crippen LogP contribution in [0.1, 0.15) is 104 Å². The summed E-state index contributed by atoms with van der Waals surface area (Å²) in [6.07, 6.45) is 23.6. The van der Waals surface area contributed by atoms with E-state index in [1.165, 1.54) is 77.2 Å². The summed E-state index contributed by atoms with van der Waals surface area (Å²) < 4.78 is 0. The summed E-state index contributed by atoms with van der Waals surface area (Å²) in [6, 6.07) is 0.659. The summed E-state index contributed by atoms with van der Waals surface area (Å²) in [4.78, 5) is 3.09. The lowest BCUT2D eigenvalue weighted by molar-refractivity contribution is -0.192. The molecular weight excluding hydrogens is 386 g/mol. The Balaban J connectivity index is 1.45. The van der Waals surface area contributed by atoms with E-state index >= 15 is 0 Å². The average Bonchev–Trinajstić information content (AvgIpc) is 3.05. The van der Waals surface area contributed by atoms with Gasteiger partial charge in [0.2, 0.25) is 0 Å². The predicted molar refractivity (Wildman–Crippen MR) is 130 cm³/mol. The zero-order valence-corrected chi connectivity index (χ0v) is 20.7. The molecular formula is C31H41N. The van der Waals surface area contributed by atoms with E-state index in [0.717, 1.165) is 18.8 Å². The minimum atomic E-state index is 0.316. The minimum Gasteiger partial charge on any atom is -0.287 e. The van der Waals surface area contributed by atoms with Gasteiger partial charge in [0.25, 0.3) is 0 Å². The third-order valence-corrected chi connectivity index (χ3v) is 13.8. The van der Waals surface area contributed by atoms with Crippen molar-refractivity contribution in [2.75, 3.05) is 6.54 Å². The van der Waals surface area contributed by atoms with Crippen molar-refractivity contribution in [3.8, 4) is 11.8 Å². The molecule has 8 atom stereocenters. The minimum absolute atomic E-state index is 0.316. The van der Waals surface area contributed by atoms with Crippen LogP contribution in [0.25, 0.3) is 0 Å². The highest BCUT2D eigenvalue weighted by Gasteiger charge is 2.83. The molecule has 1 saturated heterocycles. The van der Waals surface area contributed by atoms with Gasteiger partial charge in [-0.15, -0.1) is 11.8 Å². The van der Waals surface area contributed by atoms with Gasteiger partial charge in [-0.2, -0.15) is 0 Å². The lowest BCUT2D eigenvalue weighted by atomic mass is 9.36. The molecule has 0 N–H and O–H groups in total. The third kappa shape index (κ3) is 1.63. The first-order chi connectivity index (χ1) is 15.4. The van der Waals surface area contributed by atoms with Gasteiger partial charge in [0, 0.05) is 47.2 Å². The lowest BCUT2D eigenvalue weighted by Gasteiger charge is -2.68. The fourth-order valence-electron chi connectivity index (χ4n) is 12.7. The van der Waals surface area contributed by atoms with E-state index in [0.29, 0.717) is 38.7 Å². The summed E-state index contributed by atoms with van der Waals surface area (Å²) in [6.45, 7) is 9.32. The van der Waals surface area contributed by atoms with Crippen molar-refractivity contribution in [2.24, 2.45) is 33.0 Å².